The molecule has 1 aromatic rings. The number of aliphatic hydroxyl groups is 1. The maximum absolute atomic E-state index is 12.9. The predicted molar refractivity (Wildman–Crippen MR) is 78.5 cm³/mol. The van der Waals surface area contributed by atoms with E-state index in [0.29, 0.717) is 12.2 Å². The van der Waals surface area contributed by atoms with Crippen LogP contribution in [0.5, 0.6) is 0 Å². The lowest BCUT2D eigenvalue weighted by molar-refractivity contribution is 0.0589. The Balaban J connectivity index is 2.52. The summed E-state index contributed by atoms with van der Waals surface area (Å²) in [5.41, 5.74) is -0.735. The molecule has 5 nitrogen and oxygen atoms in total. The molecule has 0 fully saturated rings. The summed E-state index contributed by atoms with van der Waals surface area (Å²) in [6.07, 6.45) is 0.746. The van der Waals surface area contributed by atoms with Gasteiger partial charge in [0.2, 0.25) is 0 Å². The lowest BCUT2D eigenvalue weighted by Crippen LogP contribution is -2.47. The van der Waals surface area contributed by atoms with Gasteiger partial charge in [0.15, 0.2) is 0 Å². The summed E-state index contributed by atoms with van der Waals surface area (Å²) >= 11 is 0. The Morgan fingerprint density at radius 1 is 1.43 bits per heavy atom. The maximum Gasteiger partial charge on any atom is 0.315 e. The van der Waals surface area contributed by atoms with Gasteiger partial charge in [-0.2, -0.15) is 0 Å². The van der Waals surface area contributed by atoms with E-state index < -0.39 is 5.60 Å². The van der Waals surface area contributed by atoms with Crippen LogP contribution in [0.3, 0.4) is 0 Å². The second kappa shape index (κ2) is 7.95. The molecule has 0 saturated heterocycles. The zero-order valence-electron chi connectivity index (χ0n) is 12.6. The first kappa shape index (κ1) is 17.4. The van der Waals surface area contributed by atoms with E-state index in [9.17, 15) is 14.3 Å². The average molecular weight is 298 g/mol. The van der Waals surface area contributed by atoms with Crippen LogP contribution in [0.1, 0.15) is 25.8 Å². The van der Waals surface area contributed by atoms with Gasteiger partial charge in [0.25, 0.3) is 0 Å². The van der Waals surface area contributed by atoms with Gasteiger partial charge in [0.05, 0.1) is 19.2 Å². The van der Waals surface area contributed by atoms with Crippen molar-refractivity contribution in [1.29, 1.82) is 0 Å². The summed E-state index contributed by atoms with van der Waals surface area (Å²) in [4.78, 5) is 11.8. The van der Waals surface area contributed by atoms with Crippen LogP contribution in [0.15, 0.2) is 24.3 Å². The van der Waals surface area contributed by atoms with Gasteiger partial charge in [-0.25, -0.2) is 9.18 Å². The van der Waals surface area contributed by atoms with Crippen molar-refractivity contribution in [2.45, 2.75) is 31.9 Å². The highest BCUT2D eigenvalue weighted by atomic mass is 19.1. The van der Waals surface area contributed by atoms with Crippen molar-refractivity contribution in [2.24, 2.45) is 0 Å². The molecule has 2 atom stereocenters. The number of ether oxygens (including phenoxy) is 1. The Morgan fingerprint density at radius 2 is 2.05 bits per heavy atom. The number of methoxy groups -OCH3 is 1. The molecule has 0 aliphatic carbocycles. The Labute approximate surface area is 124 Å². The van der Waals surface area contributed by atoms with Crippen molar-refractivity contribution in [2.75, 3.05) is 20.3 Å². The van der Waals surface area contributed by atoms with Crippen molar-refractivity contribution in [3.05, 3.63) is 35.6 Å². The fraction of sp³-hybridized carbons (Fsp3) is 0.533. The van der Waals surface area contributed by atoms with E-state index in [1.165, 1.54) is 24.3 Å². The standard InChI is InChI=1S/C15H23FN2O3/c1-4-13(9-21-3)18-14(19)17-10-15(2,20)11-5-7-12(16)8-6-11/h5-8,13,20H,4,9-10H2,1-3H3,(H2,17,18,19). The highest BCUT2D eigenvalue weighted by Crippen LogP contribution is 2.19. The molecule has 3 N–H and O–H groups in total. The summed E-state index contributed by atoms with van der Waals surface area (Å²) in [6.45, 7) is 3.96. The first-order valence-electron chi connectivity index (χ1n) is 6.90. The molecule has 6 heteroatoms. The lowest BCUT2D eigenvalue weighted by Gasteiger charge is -2.25. The van der Waals surface area contributed by atoms with E-state index in [1.807, 2.05) is 6.92 Å². The van der Waals surface area contributed by atoms with Gasteiger partial charge in [0.1, 0.15) is 11.4 Å². The van der Waals surface area contributed by atoms with E-state index >= 15 is 0 Å². The van der Waals surface area contributed by atoms with Crippen LogP contribution < -0.4 is 10.6 Å². The van der Waals surface area contributed by atoms with Gasteiger partial charge in [0, 0.05) is 7.11 Å². The fourth-order valence-corrected chi connectivity index (χ4v) is 1.86. The third-order valence-corrected chi connectivity index (χ3v) is 3.26. The molecule has 0 radical (unpaired) electrons. The summed E-state index contributed by atoms with van der Waals surface area (Å²) in [5.74, 6) is -0.370. The number of carbonyl (C=O) groups is 1. The molecule has 0 aliphatic heterocycles. The van der Waals surface area contributed by atoms with Gasteiger partial charge in [-0.05, 0) is 31.0 Å². The number of nitrogens with one attached hydrogen (secondary N) is 2. The van der Waals surface area contributed by atoms with Crippen molar-refractivity contribution in [3.63, 3.8) is 0 Å². The normalized spacial score (nSPS) is 15.1. The molecular formula is C15H23FN2O3. The minimum Gasteiger partial charge on any atom is -0.384 e. The molecule has 0 bridgehead atoms. The number of carbonyl (C=O) groups excluding carboxylic acids is 1. The number of halogens is 1. The fourth-order valence-electron chi connectivity index (χ4n) is 1.86. The summed E-state index contributed by atoms with van der Waals surface area (Å²) < 4.78 is 17.9. The molecule has 0 heterocycles. The van der Waals surface area contributed by atoms with E-state index in [1.54, 1.807) is 14.0 Å². The lowest BCUT2D eigenvalue weighted by atomic mass is 9.96. The number of rotatable bonds is 7. The SMILES string of the molecule is CCC(COC)NC(=O)NCC(C)(O)c1ccc(F)cc1. The number of benzene rings is 1. The second-order valence-corrected chi connectivity index (χ2v) is 5.17. The molecule has 118 valence electrons. The Bertz CT molecular complexity index is 449. The van der Waals surface area contributed by atoms with Crippen LogP contribution in [-0.4, -0.2) is 37.4 Å². The highest BCUT2D eigenvalue weighted by Gasteiger charge is 2.24. The zero-order valence-corrected chi connectivity index (χ0v) is 12.6. The van der Waals surface area contributed by atoms with Gasteiger partial charge < -0.3 is 20.5 Å². The molecule has 21 heavy (non-hydrogen) atoms. The molecule has 0 aromatic heterocycles. The Morgan fingerprint density at radius 3 is 2.57 bits per heavy atom. The average Bonchev–Trinajstić information content (AvgIpc) is 2.45. The minimum absolute atomic E-state index is 0.0217. The number of urea groups is 1. The first-order valence-corrected chi connectivity index (χ1v) is 6.90. The van der Waals surface area contributed by atoms with Gasteiger partial charge in [-0.1, -0.05) is 19.1 Å². The quantitative estimate of drug-likeness (QED) is 0.718. The minimum atomic E-state index is -1.27. The van der Waals surface area contributed by atoms with Crippen LogP contribution in [0, 0.1) is 5.82 Å². The predicted octanol–water partition coefficient (Wildman–Crippen LogP) is 1.76. The molecule has 2 amide bonds. The molecule has 0 aliphatic rings. The van der Waals surface area contributed by atoms with Crippen molar-refractivity contribution >= 4 is 6.03 Å². The van der Waals surface area contributed by atoms with Crippen LogP contribution >= 0.6 is 0 Å². The first-order chi connectivity index (χ1) is 9.89. The molecule has 0 saturated carbocycles. The molecule has 0 spiro atoms. The maximum atomic E-state index is 12.9. The van der Waals surface area contributed by atoms with Crippen molar-refractivity contribution in [1.82, 2.24) is 10.6 Å². The topological polar surface area (TPSA) is 70.6 Å². The largest absolute Gasteiger partial charge is 0.384 e. The molecule has 1 aromatic carbocycles. The van der Waals surface area contributed by atoms with Crippen molar-refractivity contribution < 1.29 is 19.0 Å². The summed E-state index contributed by atoms with van der Waals surface area (Å²) in [6, 6.07) is 5.08. The van der Waals surface area contributed by atoms with Crippen molar-refractivity contribution in [3.8, 4) is 0 Å². The smallest absolute Gasteiger partial charge is 0.315 e. The van der Waals surface area contributed by atoms with Crippen LogP contribution in [0.2, 0.25) is 0 Å². The van der Waals surface area contributed by atoms with Crippen LogP contribution in [0.4, 0.5) is 9.18 Å². The number of amides is 2. The molecular weight excluding hydrogens is 275 g/mol. The van der Waals surface area contributed by atoms with E-state index in [0.717, 1.165) is 6.42 Å². The zero-order chi connectivity index (χ0) is 15.9. The van der Waals surface area contributed by atoms with Gasteiger partial charge in [-0.15, -0.1) is 0 Å². The van der Waals surface area contributed by atoms with Gasteiger partial charge >= 0.3 is 6.03 Å². The third kappa shape index (κ3) is 5.69. The Hall–Kier alpha value is -1.66. The van der Waals surface area contributed by atoms with Crippen LogP contribution in [0.25, 0.3) is 0 Å². The van der Waals surface area contributed by atoms with E-state index in [2.05, 4.69) is 10.6 Å². The van der Waals surface area contributed by atoms with Crippen LogP contribution in [-0.2, 0) is 10.3 Å². The second-order valence-electron chi connectivity index (χ2n) is 5.17. The molecule has 1 rings (SSSR count). The van der Waals surface area contributed by atoms with E-state index in [-0.39, 0.29) is 24.4 Å². The monoisotopic (exact) mass is 298 g/mol. The van der Waals surface area contributed by atoms with E-state index in [4.69, 9.17) is 4.74 Å². The highest BCUT2D eigenvalue weighted by molar-refractivity contribution is 5.74. The third-order valence-electron chi connectivity index (χ3n) is 3.26. The Kier molecular flexibility index (Phi) is 6.58. The summed E-state index contributed by atoms with van der Waals surface area (Å²) in [7, 11) is 1.57. The number of hydrogen-bond donors (Lipinski definition) is 3. The summed E-state index contributed by atoms with van der Waals surface area (Å²) in [5, 5.41) is 15.7. The molecule has 2 unspecified atom stereocenters. The number of hydrogen-bond acceptors (Lipinski definition) is 3. The van der Waals surface area contributed by atoms with Gasteiger partial charge in [-0.3, -0.25) is 0 Å².